The normalized spacial score (nSPS) is 16.5. The van der Waals surface area contributed by atoms with Crippen molar-refractivity contribution in [3.8, 4) is 0 Å². The number of aromatic nitrogens is 2. The van der Waals surface area contributed by atoms with Crippen LogP contribution in [0.3, 0.4) is 0 Å². The lowest BCUT2D eigenvalue weighted by atomic mass is 10.2. The minimum Gasteiger partial charge on any atom is -0.340 e. The molecule has 0 radical (unpaired) electrons. The molecule has 1 N–H and O–H groups in total. The summed E-state index contributed by atoms with van der Waals surface area (Å²) in [6, 6.07) is 6.22. The number of carbonyl (C=O) groups is 2. The summed E-state index contributed by atoms with van der Waals surface area (Å²) in [7, 11) is 1.91. The van der Waals surface area contributed by atoms with Gasteiger partial charge in [-0.1, -0.05) is 23.7 Å². The molecule has 0 bridgehead atoms. The van der Waals surface area contributed by atoms with Gasteiger partial charge in [-0.2, -0.15) is 5.10 Å². The Hall–Kier alpha value is -2.38. The molecule has 1 unspecified atom stereocenters. The molecule has 3 rings (SSSR count). The van der Waals surface area contributed by atoms with E-state index in [-0.39, 0.29) is 11.8 Å². The van der Waals surface area contributed by atoms with Crippen LogP contribution in [0.2, 0.25) is 5.02 Å². The number of aryl methyl sites for hydroxylation is 1. The Kier molecular flexibility index (Phi) is 6.70. The monoisotopic (exact) mass is 403 g/mol. The zero-order valence-electron chi connectivity index (χ0n) is 16.3. The fraction of sp³-hybridized carbons (Fsp3) is 0.450. The number of benzene rings is 1. The molecule has 1 aromatic carbocycles. The van der Waals surface area contributed by atoms with E-state index in [0.717, 1.165) is 26.1 Å². The second-order valence-corrected chi connectivity index (χ2v) is 7.56. The van der Waals surface area contributed by atoms with Crippen molar-refractivity contribution in [3.05, 3.63) is 52.8 Å². The van der Waals surface area contributed by atoms with Crippen LogP contribution in [0.25, 0.3) is 0 Å². The second kappa shape index (κ2) is 9.21. The van der Waals surface area contributed by atoms with E-state index in [1.807, 2.05) is 24.3 Å². The van der Waals surface area contributed by atoms with Crippen LogP contribution >= 0.6 is 11.6 Å². The number of amides is 2. The van der Waals surface area contributed by atoms with Crippen LogP contribution in [-0.4, -0.2) is 63.6 Å². The van der Waals surface area contributed by atoms with Crippen LogP contribution in [0.5, 0.6) is 0 Å². The van der Waals surface area contributed by atoms with Crippen molar-refractivity contribution >= 4 is 23.4 Å². The standard InChI is InChI=1S/C20H26ClN5O2/c1-15(23-19(27)17-6-3-4-7-18(17)21)20(28)26-9-5-8-25(10-11-26)14-16-12-22-24(2)13-16/h3-4,6-7,12-13,15H,5,8-11,14H2,1-2H3,(H,23,27). The molecule has 0 aliphatic carbocycles. The summed E-state index contributed by atoms with van der Waals surface area (Å²) >= 11 is 6.07. The molecule has 1 aliphatic rings. The summed E-state index contributed by atoms with van der Waals surface area (Å²) in [4.78, 5) is 29.4. The molecule has 150 valence electrons. The van der Waals surface area contributed by atoms with Crippen molar-refractivity contribution in [1.29, 1.82) is 0 Å². The molecule has 1 saturated heterocycles. The lowest BCUT2D eigenvalue weighted by molar-refractivity contribution is -0.132. The Bertz CT molecular complexity index is 838. The van der Waals surface area contributed by atoms with Gasteiger partial charge < -0.3 is 10.2 Å². The molecular formula is C20H26ClN5O2. The largest absolute Gasteiger partial charge is 0.340 e. The fourth-order valence-corrected chi connectivity index (χ4v) is 3.64. The number of nitrogens with zero attached hydrogens (tertiary/aromatic N) is 4. The van der Waals surface area contributed by atoms with E-state index in [1.165, 1.54) is 5.56 Å². The van der Waals surface area contributed by atoms with Crippen LogP contribution in [-0.2, 0) is 18.4 Å². The molecule has 28 heavy (non-hydrogen) atoms. The molecular weight excluding hydrogens is 378 g/mol. The summed E-state index contributed by atoms with van der Waals surface area (Å²) in [5.41, 5.74) is 1.55. The van der Waals surface area contributed by atoms with E-state index in [0.29, 0.717) is 23.7 Å². The molecule has 1 aromatic heterocycles. The lowest BCUT2D eigenvalue weighted by Crippen LogP contribution is -2.48. The van der Waals surface area contributed by atoms with Crippen LogP contribution in [0.4, 0.5) is 0 Å². The maximum atomic E-state index is 12.8. The summed E-state index contributed by atoms with van der Waals surface area (Å²) < 4.78 is 1.80. The average molecular weight is 404 g/mol. The molecule has 8 heteroatoms. The van der Waals surface area contributed by atoms with E-state index in [1.54, 1.807) is 35.9 Å². The third-order valence-corrected chi connectivity index (χ3v) is 5.23. The second-order valence-electron chi connectivity index (χ2n) is 7.15. The van der Waals surface area contributed by atoms with Gasteiger partial charge in [-0.15, -0.1) is 0 Å². The van der Waals surface area contributed by atoms with Gasteiger partial charge in [0.05, 0.1) is 16.8 Å². The van der Waals surface area contributed by atoms with Crippen LogP contribution in [0.15, 0.2) is 36.7 Å². The van der Waals surface area contributed by atoms with E-state index in [2.05, 4.69) is 15.3 Å². The van der Waals surface area contributed by atoms with Crippen molar-refractivity contribution < 1.29 is 9.59 Å². The molecule has 0 spiro atoms. The molecule has 0 saturated carbocycles. The third kappa shape index (κ3) is 5.11. The minimum atomic E-state index is -0.603. The van der Waals surface area contributed by atoms with Crippen molar-refractivity contribution in [2.24, 2.45) is 7.05 Å². The van der Waals surface area contributed by atoms with Crippen molar-refractivity contribution in [3.63, 3.8) is 0 Å². The molecule has 2 aromatic rings. The zero-order valence-corrected chi connectivity index (χ0v) is 17.0. The Labute approximate surface area is 170 Å². The first-order valence-electron chi connectivity index (χ1n) is 9.48. The van der Waals surface area contributed by atoms with E-state index >= 15 is 0 Å². The first kappa shape index (κ1) is 20.4. The quantitative estimate of drug-likeness (QED) is 0.828. The van der Waals surface area contributed by atoms with Crippen molar-refractivity contribution in [2.75, 3.05) is 26.2 Å². The number of hydrogen-bond donors (Lipinski definition) is 1. The number of rotatable bonds is 5. The molecule has 2 amide bonds. The van der Waals surface area contributed by atoms with Crippen LogP contribution in [0, 0.1) is 0 Å². The highest BCUT2D eigenvalue weighted by Gasteiger charge is 2.25. The van der Waals surface area contributed by atoms with Crippen LogP contribution in [0.1, 0.15) is 29.3 Å². The molecule has 1 fully saturated rings. The summed E-state index contributed by atoms with van der Waals surface area (Å²) in [6.45, 7) is 5.61. The SMILES string of the molecule is CC(NC(=O)c1ccccc1Cl)C(=O)N1CCCN(Cc2cnn(C)c2)CC1. The first-order chi connectivity index (χ1) is 13.4. The smallest absolute Gasteiger partial charge is 0.253 e. The van der Waals surface area contributed by atoms with E-state index < -0.39 is 6.04 Å². The van der Waals surface area contributed by atoms with Crippen molar-refractivity contribution in [2.45, 2.75) is 25.9 Å². The summed E-state index contributed by atoms with van der Waals surface area (Å²) in [5, 5.41) is 7.35. The van der Waals surface area contributed by atoms with Crippen LogP contribution < -0.4 is 5.32 Å². The van der Waals surface area contributed by atoms with Gasteiger partial charge in [0, 0.05) is 51.5 Å². The van der Waals surface area contributed by atoms with Gasteiger partial charge in [0.2, 0.25) is 5.91 Å². The number of halogens is 1. The highest BCUT2D eigenvalue weighted by Crippen LogP contribution is 2.15. The summed E-state index contributed by atoms with van der Waals surface area (Å²) in [5.74, 6) is -0.400. The summed E-state index contributed by atoms with van der Waals surface area (Å²) in [6.07, 6.45) is 4.79. The van der Waals surface area contributed by atoms with E-state index in [4.69, 9.17) is 11.6 Å². The fourth-order valence-electron chi connectivity index (χ4n) is 3.42. The van der Waals surface area contributed by atoms with Gasteiger partial charge >= 0.3 is 0 Å². The Morgan fingerprint density at radius 1 is 1.21 bits per heavy atom. The van der Waals surface area contributed by atoms with Gasteiger partial charge in [-0.25, -0.2) is 0 Å². The highest BCUT2D eigenvalue weighted by molar-refractivity contribution is 6.33. The predicted octanol–water partition coefficient (Wildman–Crippen LogP) is 1.93. The Balaban J connectivity index is 1.53. The maximum Gasteiger partial charge on any atom is 0.253 e. The molecule has 7 nitrogen and oxygen atoms in total. The number of hydrogen-bond acceptors (Lipinski definition) is 4. The van der Waals surface area contributed by atoms with Gasteiger partial charge in [0.1, 0.15) is 6.04 Å². The molecule has 1 aliphatic heterocycles. The van der Waals surface area contributed by atoms with Gasteiger partial charge in [-0.3, -0.25) is 19.2 Å². The average Bonchev–Trinajstić information content (AvgIpc) is 2.94. The maximum absolute atomic E-state index is 12.8. The minimum absolute atomic E-state index is 0.0661. The van der Waals surface area contributed by atoms with E-state index in [9.17, 15) is 9.59 Å². The predicted molar refractivity (Wildman–Crippen MR) is 108 cm³/mol. The van der Waals surface area contributed by atoms with Gasteiger partial charge in [0.15, 0.2) is 0 Å². The zero-order chi connectivity index (χ0) is 20.1. The topological polar surface area (TPSA) is 70.5 Å². The molecule has 2 heterocycles. The van der Waals surface area contributed by atoms with Crippen molar-refractivity contribution in [1.82, 2.24) is 24.9 Å². The highest BCUT2D eigenvalue weighted by atomic mass is 35.5. The number of carbonyl (C=O) groups excluding carboxylic acids is 2. The Morgan fingerprint density at radius 3 is 2.71 bits per heavy atom. The van der Waals surface area contributed by atoms with Gasteiger partial charge in [0.25, 0.3) is 5.91 Å². The Morgan fingerprint density at radius 2 is 2.00 bits per heavy atom. The number of nitrogens with one attached hydrogen (secondary N) is 1. The third-order valence-electron chi connectivity index (χ3n) is 4.90. The molecule has 1 atom stereocenters. The lowest BCUT2D eigenvalue weighted by Gasteiger charge is -2.25. The van der Waals surface area contributed by atoms with Gasteiger partial charge in [-0.05, 0) is 25.5 Å². The first-order valence-corrected chi connectivity index (χ1v) is 9.86.